The maximum Gasteiger partial charge on any atom is 0.269 e. The van der Waals surface area contributed by atoms with Crippen LogP contribution in [-0.4, -0.2) is 193 Å². The van der Waals surface area contributed by atoms with Crippen molar-refractivity contribution in [3.05, 3.63) is 203 Å². The quantitative estimate of drug-likeness (QED) is 0.0569. The fourth-order valence-electron chi connectivity index (χ4n) is 24.1. The van der Waals surface area contributed by atoms with Crippen LogP contribution in [-0.2, 0) is 0 Å². The van der Waals surface area contributed by atoms with Gasteiger partial charge in [0.25, 0.3) is 5.69 Å². The Balaban J connectivity index is 0.0000000996. The molecule has 12 atom stereocenters. The first-order valence-corrected chi connectivity index (χ1v) is 43.3. The van der Waals surface area contributed by atoms with Gasteiger partial charge in [0, 0.05) is 198 Å². The molecule has 13 fully saturated rings. The third-order valence-electron chi connectivity index (χ3n) is 29.7. The van der Waals surface area contributed by atoms with E-state index >= 15 is 0 Å². The molecule has 5 saturated heterocycles. The minimum atomic E-state index is -0.342. The van der Waals surface area contributed by atoms with E-state index in [1.807, 2.05) is 36.4 Å². The van der Waals surface area contributed by atoms with Gasteiger partial charge in [-0.05, 0) is 270 Å². The highest BCUT2D eigenvalue weighted by Crippen LogP contribution is 2.56. The van der Waals surface area contributed by atoms with Crippen molar-refractivity contribution in [3.63, 3.8) is 0 Å². The smallest absolute Gasteiger partial charge is 0.269 e. The van der Waals surface area contributed by atoms with Crippen LogP contribution in [0.3, 0.4) is 0 Å². The zero-order valence-electron chi connectivity index (χ0n) is 65.6. The van der Waals surface area contributed by atoms with Gasteiger partial charge in [-0.1, -0.05) is 91.1 Å². The second kappa shape index (κ2) is 34.2. The Morgan fingerprint density at radius 3 is 1.11 bits per heavy atom. The van der Waals surface area contributed by atoms with Crippen LogP contribution in [0.15, 0.2) is 170 Å². The van der Waals surface area contributed by atoms with E-state index in [1.165, 1.54) is 203 Å². The summed E-state index contributed by atoms with van der Waals surface area (Å²) < 4.78 is 26.9. The lowest BCUT2D eigenvalue weighted by Gasteiger charge is -2.58. The van der Waals surface area contributed by atoms with E-state index in [0.29, 0.717) is 0 Å². The lowest BCUT2D eigenvalue weighted by Crippen LogP contribution is -2.60. The van der Waals surface area contributed by atoms with Crippen LogP contribution in [0.25, 0.3) is 0 Å². The average molecular weight is 1480 g/mol. The van der Waals surface area contributed by atoms with E-state index in [4.69, 9.17) is 0 Å². The van der Waals surface area contributed by atoms with Crippen molar-refractivity contribution in [3.8, 4) is 0 Å². The molecule has 5 aliphatic heterocycles. The van der Waals surface area contributed by atoms with Crippen LogP contribution < -0.4 is 24.5 Å². The molecule has 0 aromatic heterocycles. The second-order valence-corrected chi connectivity index (χ2v) is 36.6. The van der Waals surface area contributed by atoms with Gasteiger partial charge in [-0.3, -0.25) is 34.6 Å². The van der Waals surface area contributed by atoms with E-state index in [1.54, 1.807) is 36.4 Å². The van der Waals surface area contributed by atoms with E-state index in [0.717, 1.165) is 178 Å². The first-order valence-electron chi connectivity index (χ1n) is 43.3. The molecule has 12 bridgehead atoms. The van der Waals surface area contributed by atoms with Gasteiger partial charge in [-0.25, -0.2) is 8.78 Å². The predicted octanol–water partition coefficient (Wildman–Crippen LogP) is 16.5. The maximum absolute atomic E-state index is 13.8. The first kappa shape index (κ1) is 74.8. The van der Waals surface area contributed by atoms with Crippen molar-refractivity contribution < 1.29 is 13.7 Å². The molecule has 12 unspecified atom stereocenters. The van der Waals surface area contributed by atoms with Crippen LogP contribution in [0.5, 0.6) is 0 Å². The number of hydrogen-bond donors (Lipinski definition) is 0. The average Bonchev–Trinajstić information content (AvgIpc) is 1.74. The molecule has 8 saturated carbocycles. The molecule has 5 aromatic rings. The number of rotatable bonds is 15. The number of nitro groups is 1. The summed E-state index contributed by atoms with van der Waals surface area (Å²) in [5.74, 6) is 14.4. The minimum absolute atomic E-state index is 0.0933. The molecule has 17 aliphatic rings. The number of allylic oxidation sites excluding steroid dienone is 8. The minimum Gasteiger partial charge on any atom is -0.369 e. The third kappa shape index (κ3) is 18.0. The van der Waals surface area contributed by atoms with Crippen molar-refractivity contribution >= 4 is 34.1 Å². The molecule has 582 valence electrons. The van der Waals surface area contributed by atoms with Crippen LogP contribution in [0.2, 0.25) is 0 Å². The highest BCUT2D eigenvalue weighted by Gasteiger charge is 2.51. The van der Waals surface area contributed by atoms with Gasteiger partial charge in [-0.15, -0.1) is 0 Å². The zero-order chi connectivity index (χ0) is 73.9. The Bertz CT molecular complexity index is 3890. The molecular formula is C94H125F2N11O2. The van der Waals surface area contributed by atoms with Crippen LogP contribution >= 0.6 is 0 Å². The number of hydrogen-bond acceptors (Lipinski definition) is 12. The van der Waals surface area contributed by atoms with Gasteiger partial charge in [0.05, 0.1) is 10.6 Å². The van der Waals surface area contributed by atoms with Crippen LogP contribution in [0.1, 0.15) is 94.6 Å². The van der Waals surface area contributed by atoms with E-state index in [2.05, 4.69) is 160 Å². The molecule has 109 heavy (non-hydrogen) atoms. The lowest BCUT2D eigenvalue weighted by molar-refractivity contribution is -0.384. The molecule has 12 aliphatic carbocycles. The summed E-state index contributed by atoms with van der Waals surface area (Å²) in [6, 6.07) is 39.7. The van der Waals surface area contributed by atoms with Gasteiger partial charge in [0.15, 0.2) is 0 Å². The van der Waals surface area contributed by atoms with Crippen LogP contribution in [0, 0.1) is 130 Å². The SMILES string of the molecule is C1=CC2CC1CC2CN1CCN(c2ccccc2)CC1.Cc1ccc(C)c(N2CCN(CC3CC4C=CC3C4)CC2)c1.Fc1ccc(N2CCN(C3C4CC5CC(C4)CC3C5)CC2)cc1.Fc1ccccc1N1CCN(CC2CC3C=CC2C3)CC1.O=[N+]([O-])c1ccc(N2CCN(CC3CC4C=CC3C4)CC2)cc1. The standard InChI is InChI=1S/C20H27FN2.C20H28N2.C18H23FN2.C18H23N3O2.C18H24N2/c21-18-1-3-19(4-2-18)22-5-7-23(8-6-22)20-16-10-14-9-15(12-16)13-17(20)11-14;1-15-3-4-16(2)20(11-15)22-9-7-21(8-10-22)14-19-13-17-5-6-18(19)12-17;19-17-3-1-2-4-18(17)21-9-7-20(8-10-21)13-16-12-14-5-6-15(16)11-14;22-21(23)18-5-3-17(4-6-18)20-9-7-19(8-10-20)13-16-12-14-1-2-15(16)11-14;1-2-4-18(5-3-1)20-10-8-19(9-11-20)14-17-13-15-6-7-16(17)12-15/h1-4,14-17,20H,5-13H2;3-6,11,17-19H,7-10,12-14H2,1-2H3;1-6,14-16H,7-13H2;1-6,14-16H,7-13H2;1-7,15-17H,8-14H2. The summed E-state index contributed by atoms with van der Waals surface area (Å²) in [4.78, 5) is 35.8. The largest absolute Gasteiger partial charge is 0.369 e. The maximum atomic E-state index is 13.8. The molecule has 15 heteroatoms. The summed E-state index contributed by atoms with van der Waals surface area (Å²) in [5.41, 5.74) is 8.82. The van der Waals surface area contributed by atoms with Crippen molar-refractivity contribution in [2.45, 2.75) is 103 Å². The molecule has 0 radical (unpaired) electrons. The highest BCUT2D eigenvalue weighted by atomic mass is 19.1. The lowest BCUT2D eigenvalue weighted by atomic mass is 9.54. The summed E-state index contributed by atoms with van der Waals surface area (Å²) in [6.07, 6.45) is 38.5. The van der Waals surface area contributed by atoms with E-state index < -0.39 is 0 Å². The third-order valence-corrected chi connectivity index (χ3v) is 29.7. The summed E-state index contributed by atoms with van der Waals surface area (Å²) in [5, 5.41) is 10.7. The fourth-order valence-corrected chi connectivity index (χ4v) is 24.1. The number of anilines is 5. The summed E-state index contributed by atoms with van der Waals surface area (Å²) in [7, 11) is 0. The number of piperazine rings is 5. The number of nitro benzene ring substituents is 1. The first-order chi connectivity index (χ1) is 53.3. The summed E-state index contributed by atoms with van der Waals surface area (Å²) in [6.45, 7) is 32.0. The number of nitrogens with zero attached hydrogens (tertiary/aromatic N) is 11. The Labute approximate surface area is 651 Å². The molecular weight excluding hydrogens is 1350 g/mol. The van der Waals surface area contributed by atoms with Crippen molar-refractivity contribution in [1.82, 2.24) is 24.5 Å². The van der Waals surface area contributed by atoms with Gasteiger partial charge < -0.3 is 24.5 Å². The topological polar surface area (TPSA) is 75.5 Å². The molecule has 0 N–H and O–H groups in total. The monoisotopic (exact) mass is 1480 g/mol. The summed E-state index contributed by atoms with van der Waals surface area (Å²) >= 11 is 0. The molecule has 22 rings (SSSR count). The predicted molar refractivity (Wildman–Crippen MR) is 443 cm³/mol. The molecule has 13 nitrogen and oxygen atoms in total. The van der Waals surface area contributed by atoms with Gasteiger partial charge >= 0.3 is 0 Å². The Kier molecular flexibility index (Phi) is 23.5. The van der Waals surface area contributed by atoms with Crippen molar-refractivity contribution in [2.24, 2.45) is 94.7 Å². The van der Waals surface area contributed by atoms with Gasteiger partial charge in [0.2, 0.25) is 0 Å². The van der Waals surface area contributed by atoms with Crippen molar-refractivity contribution in [1.29, 1.82) is 0 Å². The number of benzene rings is 5. The van der Waals surface area contributed by atoms with E-state index in [9.17, 15) is 18.9 Å². The number of para-hydroxylation sites is 2. The number of fused-ring (bicyclic) bond motifs is 8. The number of aryl methyl sites for hydroxylation is 2. The molecule has 0 amide bonds. The van der Waals surface area contributed by atoms with Gasteiger partial charge in [-0.2, -0.15) is 0 Å². The van der Waals surface area contributed by atoms with Gasteiger partial charge in [0.1, 0.15) is 11.6 Å². The number of non-ortho nitro benzene ring substituents is 1. The zero-order valence-corrected chi connectivity index (χ0v) is 65.6. The van der Waals surface area contributed by atoms with Crippen LogP contribution in [0.4, 0.5) is 42.9 Å². The Morgan fingerprint density at radius 1 is 0.358 bits per heavy atom. The second-order valence-electron chi connectivity index (χ2n) is 36.6. The van der Waals surface area contributed by atoms with Crippen molar-refractivity contribution in [2.75, 3.05) is 182 Å². The highest BCUT2D eigenvalue weighted by molar-refractivity contribution is 5.56. The molecule has 5 heterocycles. The fraction of sp³-hybridized carbons (Fsp3) is 0.596. The normalized spacial score (nSPS) is 33.3. The van der Waals surface area contributed by atoms with E-state index in [-0.39, 0.29) is 22.2 Å². The Morgan fingerprint density at radius 2 is 0.725 bits per heavy atom. The Hall–Kier alpha value is -6.88. The molecule has 5 aromatic carbocycles. The number of halogens is 2. The molecule has 0 spiro atoms.